The highest BCUT2D eigenvalue weighted by Gasteiger charge is 2.32. The van der Waals surface area contributed by atoms with E-state index in [-0.39, 0.29) is 24.0 Å². The normalized spacial score (nSPS) is 23.9. The Morgan fingerprint density at radius 1 is 1.43 bits per heavy atom. The van der Waals surface area contributed by atoms with Crippen LogP contribution in [0, 0.1) is 0 Å². The quantitative estimate of drug-likeness (QED) is 0.304. The molecule has 0 aromatic heterocycles. The van der Waals surface area contributed by atoms with E-state index >= 15 is 0 Å². The molecule has 11 heteroatoms. The topological polar surface area (TPSA) is 93.9 Å². The van der Waals surface area contributed by atoms with E-state index in [9.17, 15) is 9.36 Å². The maximum absolute atomic E-state index is 12.4. The molecule has 3 unspecified atom stereocenters. The first kappa shape index (κ1) is 21.5. The summed E-state index contributed by atoms with van der Waals surface area (Å²) >= 11 is 13.0. The maximum atomic E-state index is 12.4. The number of hydrogen-bond donors (Lipinski definition) is 2. The number of halogens is 2. The van der Waals surface area contributed by atoms with Gasteiger partial charge in [0.25, 0.3) is 0 Å². The van der Waals surface area contributed by atoms with Gasteiger partial charge < -0.3 is 9.26 Å². The minimum Gasteiger partial charge on any atom is -0.465 e. The average molecular weight is 408 g/mol. The largest absolute Gasteiger partial charge is 0.465 e. The third kappa shape index (κ3) is 7.48. The van der Waals surface area contributed by atoms with E-state index in [2.05, 4.69) is 5.32 Å². The number of nitrogens with one attached hydrogen (secondary N) is 1. The number of esters is 1. The molecule has 1 rings (SSSR count). The van der Waals surface area contributed by atoms with Crippen LogP contribution in [0.25, 0.3) is 0 Å². The van der Waals surface area contributed by atoms with Gasteiger partial charge in [0.2, 0.25) is 0 Å². The van der Waals surface area contributed by atoms with E-state index in [1.165, 1.54) is 4.67 Å². The molecular weight excluding hydrogens is 384 g/mol. The number of hydrogen-bond acceptors (Lipinski definition) is 6. The van der Waals surface area contributed by atoms with Crippen LogP contribution >= 0.6 is 42.6 Å². The molecule has 0 aromatic rings. The van der Waals surface area contributed by atoms with Gasteiger partial charge in [0.15, 0.2) is 0 Å². The Morgan fingerprint density at radius 3 is 2.65 bits per heavy atom. The van der Waals surface area contributed by atoms with Gasteiger partial charge in [-0.3, -0.25) is 14.7 Å². The molecule has 0 radical (unpaired) electrons. The highest BCUT2D eigenvalue weighted by atomic mass is 35.5. The third-order valence-corrected chi connectivity index (χ3v) is 6.54. The van der Waals surface area contributed by atoms with E-state index in [1.54, 1.807) is 18.7 Å². The highest BCUT2D eigenvalue weighted by Crippen LogP contribution is 2.42. The zero-order chi connectivity index (χ0) is 17.3. The monoisotopic (exact) mass is 407 g/mol. The van der Waals surface area contributed by atoms with Crippen molar-refractivity contribution in [1.82, 2.24) is 9.99 Å². The van der Waals surface area contributed by atoms with Crippen molar-refractivity contribution in [2.75, 3.05) is 43.8 Å². The van der Waals surface area contributed by atoms with Crippen molar-refractivity contribution >= 4 is 48.6 Å². The zero-order valence-electron chi connectivity index (χ0n) is 13.1. The molecule has 0 aliphatic carbocycles. The second-order valence-electron chi connectivity index (χ2n) is 4.81. The Balaban J connectivity index is 2.35. The fourth-order valence-corrected chi connectivity index (χ4v) is 5.15. The van der Waals surface area contributed by atoms with E-state index in [4.69, 9.17) is 38.0 Å². The van der Waals surface area contributed by atoms with E-state index < -0.39 is 7.67 Å². The fraction of sp³-hybridized carbons (Fsp3) is 0.917. The lowest BCUT2D eigenvalue weighted by molar-refractivity contribution is -0.144. The number of carbonyl (C=O) groups is 1. The van der Waals surface area contributed by atoms with Crippen LogP contribution in [-0.2, 0) is 18.6 Å². The molecule has 1 fully saturated rings. The van der Waals surface area contributed by atoms with Crippen molar-refractivity contribution in [3.8, 4) is 0 Å². The van der Waals surface area contributed by atoms with Crippen LogP contribution in [0.1, 0.15) is 13.3 Å². The number of thioether (sulfide) groups is 1. The predicted molar refractivity (Wildman–Crippen MR) is 95.2 cm³/mol. The van der Waals surface area contributed by atoms with Gasteiger partial charge in [-0.05, 0) is 13.3 Å². The molecule has 0 saturated carbocycles. The second kappa shape index (κ2) is 11.2. The molecule has 0 spiro atoms. The first-order valence-corrected chi connectivity index (χ1v) is 11.2. The average Bonchev–Trinajstić information content (AvgIpc) is 2.96. The lowest BCUT2D eigenvalue weighted by Crippen LogP contribution is -2.38. The van der Waals surface area contributed by atoms with Crippen LogP contribution in [-0.4, -0.2) is 65.9 Å². The van der Waals surface area contributed by atoms with Gasteiger partial charge in [-0.2, -0.15) is 0 Å². The summed E-state index contributed by atoms with van der Waals surface area (Å²) in [5.41, 5.74) is 5.77. The summed E-state index contributed by atoms with van der Waals surface area (Å²) < 4.78 is 24.2. The summed E-state index contributed by atoms with van der Waals surface area (Å²) in [6, 6.07) is -0.307. The number of alkyl halides is 2. The summed E-state index contributed by atoms with van der Waals surface area (Å²) in [6.07, 6.45) is 0.581. The number of rotatable bonds is 11. The smallest absolute Gasteiger partial charge is 0.340 e. The maximum Gasteiger partial charge on any atom is 0.340 e. The molecule has 1 aliphatic heterocycles. The van der Waals surface area contributed by atoms with Crippen LogP contribution in [0.15, 0.2) is 0 Å². The molecule has 23 heavy (non-hydrogen) atoms. The van der Waals surface area contributed by atoms with Gasteiger partial charge in [0.05, 0.1) is 18.6 Å². The summed E-state index contributed by atoms with van der Waals surface area (Å²) in [7, 11) is -3.40. The SMILES string of the molecule is CCOC(=O)C1CSC(CCOP(N)(=O)N(CCCl)CCCl)N1. The van der Waals surface area contributed by atoms with E-state index in [0.29, 0.717) is 43.6 Å². The molecule has 1 saturated heterocycles. The van der Waals surface area contributed by atoms with Gasteiger partial charge in [-0.15, -0.1) is 35.0 Å². The third-order valence-electron chi connectivity index (χ3n) is 3.16. The molecule has 1 heterocycles. The van der Waals surface area contributed by atoms with Crippen molar-refractivity contribution in [1.29, 1.82) is 0 Å². The highest BCUT2D eigenvalue weighted by molar-refractivity contribution is 8.00. The van der Waals surface area contributed by atoms with Crippen molar-refractivity contribution < 1.29 is 18.6 Å². The van der Waals surface area contributed by atoms with Crippen LogP contribution < -0.4 is 10.8 Å². The van der Waals surface area contributed by atoms with Gasteiger partial charge in [-0.1, -0.05) is 0 Å². The van der Waals surface area contributed by atoms with Crippen molar-refractivity contribution in [3.63, 3.8) is 0 Å². The minimum absolute atomic E-state index is 0.0407. The molecule has 136 valence electrons. The van der Waals surface area contributed by atoms with Crippen molar-refractivity contribution in [2.45, 2.75) is 24.8 Å². The summed E-state index contributed by atoms with van der Waals surface area (Å²) in [5.74, 6) is 0.989. The molecular formula is C12H24Cl2N3O4PS. The number of ether oxygens (including phenoxy) is 1. The molecule has 0 aromatic carbocycles. The van der Waals surface area contributed by atoms with E-state index in [0.717, 1.165) is 0 Å². The number of nitrogens with two attached hydrogens (primary N) is 1. The zero-order valence-corrected chi connectivity index (χ0v) is 16.3. The Hall–Kier alpha value is 0.470. The summed E-state index contributed by atoms with van der Waals surface area (Å²) in [5, 5.41) is 3.20. The molecule has 7 nitrogen and oxygen atoms in total. The van der Waals surface area contributed by atoms with Gasteiger partial charge in [-0.25, -0.2) is 10.2 Å². The predicted octanol–water partition coefficient (Wildman–Crippen LogP) is 1.83. The Kier molecular flexibility index (Phi) is 10.4. The standard InChI is InChI=1S/C12H24Cl2N3O4PS/c1-2-20-12(18)10-9-23-11(16-10)3-8-21-22(15,19)17(6-4-13)7-5-14/h10-11,16H,2-9H2,1H3,(H2,15,19). The fourth-order valence-electron chi connectivity index (χ4n) is 2.04. The molecule has 3 N–H and O–H groups in total. The number of nitrogens with zero attached hydrogens (tertiary/aromatic N) is 1. The van der Waals surface area contributed by atoms with Crippen molar-refractivity contribution in [3.05, 3.63) is 0 Å². The lowest BCUT2D eigenvalue weighted by Gasteiger charge is -2.26. The second-order valence-corrected chi connectivity index (χ2v) is 8.75. The number of carbonyl (C=O) groups excluding carboxylic acids is 1. The van der Waals surface area contributed by atoms with Crippen LogP contribution in [0.5, 0.6) is 0 Å². The van der Waals surface area contributed by atoms with Gasteiger partial charge in [0.1, 0.15) is 6.04 Å². The first-order chi connectivity index (χ1) is 10.9. The Bertz CT molecular complexity index is 416. The van der Waals surface area contributed by atoms with Crippen LogP contribution in [0.4, 0.5) is 0 Å². The Morgan fingerprint density at radius 2 is 2.09 bits per heavy atom. The lowest BCUT2D eigenvalue weighted by atomic mass is 10.3. The molecule has 3 atom stereocenters. The van der Waals surface area contributed by atoms with Gasteiger partial charge >= 0.3 is 13.6 Å². The first-order valence-electron chi connectivity index (χ1n) is 7.39. The van der Waals surface area contributed by atoms with E-state index in [1.807, 2.05) is 0 Å². The minimum atomic E-state index is -3.40. The molecule has 0 bridgehead atoms. The van der Waals surface area contributed by atoms with Gasteiger partial charge in [0, 0.05) is 30.6 Å². The van der Waals surface area contributed by atoms with Crippen molar-refractivity contribution in [2.24, 2.45) is 5.50 Å². The Labute approximate surface area is 151 Å². The summed E-state index contributed by atoms with van der Waals surface area (Å²) in [6.45, 7) is 3.06. The van der Waals surface area contributed by atoms with Crippen LogP contribution in [0.3, 0.4) is 0 Å². The van der Waals surface area contributed by atoms with Crippen LogP contribution in [0.2, 0.25) is 0 Å². The molecule has 0 amide bonds. The molecule has 1 aliphatic rings. The summed E-state index contributed by atoms with van der Waals surface area (Å²) in [4.78, 5) is 11.6.